The van der Waals surface area contributed by atoms with Crippen LogP contribution in [0.1, 0.15) is 80.1 Å². The Morgan fingerprint density at radius 1 is 1.05 bits per heavy atom. The molecule has 0 saturated heterocycles. The first kappa shape index (κ1) is 18.0. The Kier molecular flexibility index (Phi) is 6.10. The summed E-state index contributed by atoms with van der Waals surface area (Å²) in [7, 11) is 0. The zero-order chi connectivity index (χ0) is 15.6. The van der Waals surface area contributed by atoms with E-state index in [1.807, 2.05) is 0 Å². The van der Waals surface area contributed by atoms with Gasteiger partial charge in [0.1, 0.15) is 0 Å². The van der Waals surface area contributed by atoms with Crippen molar-refractivity contribution in [2.75, 3.05) is 0 Å². The zero-order valence-corrected chi connectivity index (χ0v) is 14.7. The highest BCUT2D eigenvalue weighted by atomic mass is 14.7. The minimum absolute atomic E-state index is 0.0640. The van der Waals surface area contributed by atoms with Gasteiger partial charge in [0.05, 0.1) is 0 Å². The molecule has 1 aliphatic carbocycles. The van der Waals surface area contributed by atoms with E-state index in [9.17, 15) is 0 Å². The Labute approximate surface area is 127 Å². The highest BCUT2D eigenvalue weighted by Crippen LogP contribution is 2.42. The first-order valence-corrected chi connectivity index (χ1v) is 8.58. The molecule has 0 aromatic rings. The smallest absolute Gasteiger partial charge is 0.0129 e. The van der Waals surface area contributed by atoms with Crippen LogP contribution in [0, 0.1) is 23.7 Å². The van der Waals surface area contributed by atoms with Gasteiger partial charge in [0, 0.05) is 11.1 Å². The molecular weight excluding hydrogens is 244 g/mol. The highest BCUT2D eigenvalue weighted by molar-refractivity contribution is 4.90. The Morgan fingerprint density at radius 2 is 1.65 bits per heavy atom. The van der Waals surface area contributed by atoms with Crippen LogP contribution in [0.2, 0.25) is 0 Å². The summed E-state index contributed by atoms with van der Waals surface area (Å²) in [6, 6.07) is 0. The van der Waals surface area contributed by atoms with Crippen molar-refractivity contribution < 1.29 is 0 Å². The van der Waals surface area contributed by atoms with E-state index in [-0.39, 0.29) is 11.1 Å². The molecule has 120 valence electrons. The molecule has 20 heavy (non-hydrogen) atoms. The monoisotopic (exact) mass is 282 g/mol. The van der Waals surface area contributed by atoms with Gasteiger partial charge < -0.3 is 11.5 Å². The van der Waals surface area contributed by atoms with Gasteiger partial charge >= 0.3 is 0 Å². The first-order chi connectivity index (χ1) is 9.00. The lowest BCUT2D eigenvalue weighted by Crippen LogP contribution is -2.44. The number of nitrogens with two attached hydrogens (primary N) is 2. The van der Waals surface area contributed by atoms with Gasteiger partial charge in [-0.1, -0.05) is 27.2 Å². The Hall–Kier alpha value is -0.0800. The molecule has 4 N–H and O–H groups in total. The maximum atomic E-state index is 6.61. The molecule has 2 heteroatoms. The van der Waals surface area contributed by atoms with Crippen molar-refractivity contribution in [1.29, 1.82) is 0 Å². The van der Waals surface area contributed by atoms with Gasteiger partial charge in [0.2, 0.25) is 0 Å². The molecule has 2 nitrogen and oxygen atoms in total. The van der Waals surface area contributed by atoms with E-state index in [4.69, 9.17) is 11.5 Å². The summed E-state index contributed by atoms with van der Waals surface area (Å²) in [5.41, 5.74) is 12.6. The maximum absolute atomic E-state index is 6.61. The van der Waals surface area contributed by atoms with E-state index in [1.165, 1.54) is 19.3 Å². The van der Waals surface area contributed by atoms with Gasteiger partial charge in [-0.25, -0.2) is 0 Å². The summed E-state index contributed by atoms with van der Waals surface area (Å²) in [6.07, 6.45) is 7.36. The SMILES string of the molecule is CC1CCC(C(C)C)C(CC(C)(N)CCC(C)(C)N)C1. The molecule has 1 fully saturated rings. The fourth-order valence-corrected chi connectivity index (χ4v) is 3.94. The van der Waals surface area contributed by atoms with Crippen molar-refractivity contribution in [2.24, 2.45) is 35.1 Å². The Bertz CT molecular complexity index is 288. The predicted octanol–water partition coefficient (Wildman–Crippen LogP) is 4.32. The second-order valence-electron chi connectivity index (χ2n) is 8.93. The fourth-order valence-electron chi connectivity index (χ4n) is 3.94. The van der Waals surface area contributed by atoms with E-state index in [2.05, 4.69) is 41.5 Å². The molecular formula is C18H38N2. The van der Waals surface area contributed by atoms with Crippen LogP contribution in [0.3, 0.4) is 0 Å². The third-order valence-electron chi connectivity index (χ3n) is 5.23. The van der Waals surface area contributed by atoms with E-state index in [0.29, 0.717) is 0 Å². The van der Waals surface area contributed by atoms with Gasteiger partial charge in [-0.3, -0.25) is 0 Å². The van der Waals surface area contributed by atoms with E-state index >= 15 is 0 Å². The van der Waals surface area contributed by atoms with Crippen molar-refractivity contribution in [3.05, 3.63) is 0 Å². The summed E-state index contributed by atoms with van der Waals surface area (Å²) < 4.78 is 0. The largest absolute Gasteiger partial charge is 0.326 e. The van der Waals surface area contributed by atoms with Crippen molar-refractivity contribution in [1.82, 2.24) is 0 Å². The van der Waals surface area contributed by atoms with Crippen molar-refractivity contribution >= 4 is 0 Å². The van der Waals surface area contributed by atoms with Crippen LogP contribution in [0.25, 0.3) is 0 Å². The topological polar surface area (TPSA) is 52.0 Å². The molecule has 1 rings (SSSR count). The lowest BCUT2D eigenvalue weighted by molar-refractivity contribution is 0.111. The molecule has 4 unspecified atom stereocenters. The van der Waals surface area contributed by atoms with Gasteiger partial charge in [-0.15, -0.1) is 0 Å². The molecule has 0 radical (unpaired) electrons. The minimum Gasteiger partial charge on any atom is -0.326 e. The lowest BCUT2D eigenvalue weighted by Gasteiger charge is -2.41. The van der Waals surface area contributed by atoms with Crippen LogP contribution in [-0.4, -0.2) is 11.1 Å². The molecule has 4 atom stereocenters. The van der Waals surface area contributed by atoms with E-state index in [0.717, 1.165) is 42.9 Å². The van der Waals surface area contributed by atoms with Gasteiger partial charge in [0.15, 0.2) is 0 Å². The first-order valence-electron chi connectivity index (χ1n) is 8.58. The van der Waals surface area contributed by atoms with E-state index in [1.54, 1.807) is 0 Å². The highest BCUT2D eigenvalue weighted by Gasteiger charge is 2.35. The molecule has 1 saturated carbocycles. The molecule has 0 spiro atoms. The summed E-state index contributed by atoms with van der Waals surface area (Å²) >= 11 is 0. The van der Waals surface area contributed by atoms with Crippen LogP contribution in [0.5, 0.6) is 0 Å². The normalized spacial score (nSPS) is 31.4. The predicted molar refractivity (Wildman–Crippen MR) is 89.5 cm³/mol. The molecule has 0 aromatic heterocycles. The quantitative estimate of drug-likeness (QED) is 0.762. The lowest BCUT2D eigenvalue weighted by atomic mass is 9.66. The Morgan fingerprint density at radius 3 is 2.15 bits per heavy atom. The minimum atomic E-state index is -0.0993. The maximum Gasteiger partial charge on any atom is 0.0129 e. The van der Waals surface area contributed by atoms with Crippen LogP contribution in [-0.2, 0) is 0 Å². The van der Waals surface area contributed by atoms with Crippen LogP contribution in [0.4, 0.5) is 0 Å². The van der Waals surface area contributed by atoms with E-state index < -0.39 is 0 Å². The average Bonchev–Trinajstić information content (AvgIpc) is 2.24. The summed E-state index contributed by atoms with van der Waals surface area (Å²) in [5.74, 6) is 3.32. The molecule has 0 aliphatic heterocycles. The standard InChI is InChI=1S/C18H38N2/c1-13(2)16-8-7-14(3)11-15(16)12-18(6,20)10-9-17(4,5)19/h13-16H,7-12,19-20H2,1-6H3. The molecule has 0 heterocycles. The molecule has 1 aliphatic rings. The van der Waals surface area contributed by atoms with Crippen LogP contribution < -0.4 is 11.5 Å². The molecule has 0 aromatic carbocycles. The number of hydrogen-bond donors (Lipinski definition) is 2. The number of rotatable bonds is 6. The van der Waals surface area contributed by atoms with Gasteiger partial charge in [-0.2, -0.15) is 0 Å². The second kappa shape index (κ2) is 6.79. The summed E-state index contributed by atoms with van der Waals surface area (Å²) in [5, 5.41) is 0. The molecule has 0 amide bonds. The van der Waals surface area contributed by atoms with Crippen molar-refractivity contribution in [3.63, 3.8) is 0 Å². The third-order valence-corrected chi connectivity index (χ3v) is 5.23. The average molecular weight is 283 g/mol. The third kappa shape index (κ3) is 6.13. The zero-order valence-electron chi connectivity index (χ0n) is 14.7. The summed E-state index contributed by atoms with van der Waals surface area (Å²) in [6.45, 7) is 13.6. The Balaban J connectivity index is 2.62. The summed E-state index contributed by atoms with van der Waals surface area (Å²) in [4.78, 5) is 0. The second-order valence-corrected chi connectivity index (χ2v) is 8.93. The van der Waals surface area contributed by atoms with Crippen molar-refractivity contribution in [2.45, 2.75) is 91.1 Å². The fraction of sp³-hybridized carbons (Fsp3) is 1.00. The van der Waals surface area contributed by atoms with Gasteiger partial charge in [-0.05, 0) is 76.5 Å². The van der Waals surface area contributed by atoms with Gasteiger partial charge in [0.25, 0.3) is 0 Å². The number of hydrogen-bond acceptors (Lipinski definition) is 2. The van der Waals surface area contributed by atoms with Crippen molar-refractivity contribution in [3.8, 4) is 0 Å². The van der Waals surface area contributed by atoms with Crippen LogP contribution >= 0.6 is 0 Å². The van der Waals surface area contributed by atoms with Crippen LogP contribution in [0.15, 0.2) is 0 Å². The molecule has 0 bridgehead atoms.